The smallest absolute Gasteiger partial charge is 0.355 e. The first kappa shape index (κ1) is 22.9. The van der Waals surface area contributed by atoms with E-state index in [1.165, 1.54) is 6.20 Å². The number of fused-ring (bicyclic) bond motifs is 1. The van der Waals surface area contributed by atoms with Gasteiger partial charge in [-0.3, -0.25) is 4.79 Å². The zero-order valence-electron chi connectivity index (χ0n) is 17.8. The molecule has 2 fully saturated rings. The summed E-state index contributed by atoms with van der Waals surface area (Å²) in [5.74, 6) is 0.468. The van der Waals surface area contributed by atoms with Gasteiger partial charge in [-0.15, -0.1) is 11.3 Å². The van der Waals surface area contributed by atoms with Gasteiger partial charge in [-0.25, -0.2) is 28.4 Å². The van der Waals surface area contributed by atoms with E-state index in [1.54, 1.807) is 11.1 Å². The maximum atomic E-state index is 13.2. The number of nitrogens with zero attached hydrogens (tertiary/aromatic N) is 7. The Bertz CT molecular complexity index is 1200. The number of amides is 1. The molecular weight excluding hydrogens is 481 g/mol. The molecule has 14 heteroatoms. The van der Waals surface area contributed by atoms with Crippen LogP contribution in [-0.4, -0.2) is 61.6 Å². The third-order valence-electron chi connectivity index (χ3n) is 6.46. The Kier molecular flexibility index (Phi) is 5.65. The summed E-state index contributed by atoms with van der Waals surface area (Å²) in [7, 11) is 0. The van der Waals surface area contributed by atoms with E-state index >= 15 is 0 Å². The van der Waals surface area contributed by atoms with Crippen molar-refractivity contribution in [2.75, 3.05) is 24.5 Å². The van der Waals surface area contributed by atoms with E-state index in [9.17, 15) is 26.7 Å². The number of carbonyl (C=O) groups is 1. The lowest BCUT2D eigenvalue weighted by molar-refractivity contribution is -0.140. The fraction of sp³-hybridized carbons (Fsp3) is 0.550. The molecular formula is C20H20F5N7OS. The third-order valence-corrected chi connectivity index (χ3v) is 7.29. The molecule has 2 saturated heterocycles. The summed E-state index contributed by atoms with van der Waals surface area (Å²) in [6.07, 6.45) is -2.36. The minimum atomic E-state index is -4.50. The van der Waals surface area contributed by atoms with Crippen LogP contribution in [0.15, 0.2) is 17.8 Å². The maximum Gasteiger partial charge on any atom is 0.434 e. The average Bonchev–Trinajstić information content (AvgIpc) is 3.49. The summed E-state index contributed by atoms with van der Waals surface area (Å²) < 4.78 is 65.2. The van der Waals surface area contributed by atoms with E-state index in [0.717, 1.165) is 21.4 Å². The number of piperidine rings is 1. The molecule has 0 aliphatic carbocycles. The van der Waals surface area contributed by atoms with E-state index < -0.39 is 30.3 Å². The van der Waals surface area contributed by atoms with Gasteiger partial charge in [0.15, 0.2) is 11.3 Å². The van der Waals surface area contributed by atoms with Crippen molar-refractivity contribution in [1.29, 1.82) is 0 Å². The van der Waals surface area contributed by atoms with E-state index in [0.29, 0.717) is 50.2 Å². The number of rotatable bonds is 5. The monoisotopic (exact) mass is 501 g/mol. The molecule has 1 amide bonds. The molecule has 0 radical (unpaired) electrons. The molecule has 1 spiro atoms. The van der Waals surface area contributed by atoms with Crippen molar-refractivity contribution in [3.8, 4) is 0 Å². The molecule has 0 bridgehead atoms. The Hall–Kier alpha value is -2.90. The molecule has 0 atom stereocenters. The number of hydrogen-bond acceptors (Lipinski definition) is 7. The molecule has 8 nitrogen and oxygen atoms in total. The second-order valence-electron chi connectivity index (χ2n) is 8.52. The van der Waals surface area contributed by atoms with Gasteiger partial charge in [0.05, 0.1) is 24.4 Å². The van der Waals surface area contributed by atoms with Gasteiger partial charge in [0, 0.05) is 25.0 Å². The van der Waals surface area contributed by atoms with Crippen LogP contribution < -0.4 is 4.90 Å². The lowest BCUT2D eigenvalue weighted by Gasteiger charge is -2.38. The van der Waals surface area contributed by atoms with E-state index in [2.05, 4.69) is 20.1 Å². The Morgan fingerprint density at radius 1 is 1.09 bits per heavy atom. The lowest BCUT2D eigenvalue weighted by Crippen LogP contribution is -2.45. The Morgan fingerprint density at radius 3 is 2.50 bits per heavy atom. The molecule has 3 aromatic rings. The standard InChI is InChI=1S/C20H20F5N7OS/c21-14(22)9-32-17-12(7-27-32)26-8-15(29-17)30-4-1-19(2-5-30)3-6-31(18(19)33)10-16-28-13(11-34-16)20(23,24)25/h7-8,11,14H,1-6,9-10H2. The number of hydrogen-bond donors (Lipinski definition) is 0. The van der Waals surface area contributed by atoms with Gasteiger partial charge in [0.2, 0.25) is 5.91 Å². The van der Waals surface area contributed by atoms with E-state index in [1.807, 2.05) is 4.90 Å². The predicted octanol–water partition coefficient (Wildman–Crippen LogP) is 3.59. The highest BCUT2D eigenvalue weighted by molar-refractivity contribution is 7.09. The van der Waals surface area contributed by atoms with Crippen molar-refractivity contribution < 1.29 is 26.7 Å². The zero-order valence-corrected chi connectivity index (χ0v) is 18.6. The first-order valence-corrected chi connectivity index (χ1v) is 11.6. The minimum Gasteiger partial charge on any atom is -0.355 e. The second kappa shape index (κ2) is 8.40. The van der Waals surface area contributed by atoms with E-state index in [-0.39, 0.29) is 23.1 Å². The second-order valence-corrected chi connectivity index (χ2v) is 9.47. The summed E-state index contributed by atoms with van der Waals surface area (Å²) >= 11 is 0.902. The number of likely N-dealkylation sites (tertiary alicyclic amines) is 1. The first-order valence-electron chi connectivity index (χ1n) is 10.7. The SMILES string of the molecule is O=C1N(Cc2nc(C(F)(F)F)cs2)CCC12CCN(c1cnc3cnn(CC(F)F)c3n1)CC2. The molecule has 5 rings (SSSR count). The van der Waals surface area contributed by atoms with Gasteiger partial charge in [-0.05, 0) is 19.3 Å². The van der Waals surface area contributed by atoms with Crippen LogP contribution in [0.3, 0.4) is 0 Å². The average molecular weight is 501 g/mol. The highest BCUT2D eigenvalue weighted by Gasteiger charge is 2.48. The van der Waals surface area contributed by atoms with Crippen LogP contribution >= 0.6 is 11.3 Å². The van der Waals surface area contributed by atoms with Gasteiger partial charge in [-0.2, -0.15) is 18.3 Å². The van der Waals surface area contributed by atoms with E-state index in [4.69, 9.17) is 0 Å². The highest BCUT2D eigenvalue weighted by Crippen LogP contribution is 2.43. The summed E-state index contributed by atoms with van der Waals surface area (Å²) in [6, 6.07) is 0. The molecule has 5 heterocycles. The number of halogens is 5. The Morgan fingerprint density at radius 2 is 1.82 bits per heavy atom. The summed E-state index contributed by atoms with van der Waals surface area (Å²) in [4.78, 5) is 29.1. The fourth-order valence-electron chi connectivity index (χ4n) is 4.60. The third kappa shape index (κ3) is 4.18. The zero-order chi connectivity index (χ0) is 24.1. The van der Waals surface area contributed by atoms with Crippen LogP contribution in [0.4, 0.5) is 27.8 Å². The van der Waals surface area contributed by atoms with Crippen molar-refractivity contribution >= 4 is 34.2 Å². The van der Waals surface area contributed by atoms with Gasteiger partial charge in [-0.1, -0.05) is 0 Å². The van der Waals surface area contributed by atoms with Crippen molar-refractivity contribution in [2.45, 2.75) is 45.0 Å². The van der Waals surface area contributed by atoms with Crippen LogP contribution in [0.2, 0.25) is 0 Å². The highest BCUT2D eigenvalue weighted by atomic mass is 32.1. The molecule has 0 unspecified atom stereocenters. The molecule has 2 aliphatic rings. The van der Waals surface area contributed by atoms with Crippen molar-refractivity contribution in [3.05, 3.63) is 28.5 Å². The lowest BCUT2D eigenvalue weighted by atomic mass is 9.77. The first-order chi connectivity index (χ1) is 16.1. The van der Waals surface area contributed by atoms with Crippen LogP contribution in [0.25, 0.3) is 11.2 Å². The van der Waals surface area contributed by atoms with Crippen molar-refractivity contribution in [2.24, 2.45) is 5.41 Å². The van der Waals surface area contributed by atoms with Crippen molar-refractivity contribution in [1.82, 2.24) is 29.6 Å². The predicted molar refractivity (Wildman–Crippen MR) is 112 cm³/mol. The molecule has 34 heavy (non-hydrogen) atoms. The van der Waals surface area contributed by atoms with Crippen molar-refractivity contribution in [3.63, 3.8) is 0 Å². The number of thiazole rings is 1. The topological polar surface area (TPSA) is 80.0 Å². The van der Waals surface area contributed by atoms with Gasteiger partial charge >= 0.3 is 6.18 Å². The van der Waals surface area contributed by atoms with Crippen LogP contribution in [-0.2, 0) is 24.1 Å². The number of anilines is 1. The molecule has 0 saturated carbocycles. The Labute approximate surface area is 194 Å². The molecule has 2 aliphatic heterocycles. The summed E-state index contributed by atoms with van der Waals surface area (Å²) in [6.45, 7) is 1.02. The van der Waals surface area contributed by atoms with Gasteiger partial charge in [0.25, 0.3) is 6.43 Å². The quantitative estimate of drug-likeness (QED) is 0.498. The number of alkyl halides is 5. The summed E-state index contributed by atoms with van der Waals surface area (Å²) in [5.41, 5.74) is -0.788. The van der Waals surface area contributed by atoms with Crippen LogP contribution in [0.1, 0.15) is 30.0 Å². The molecule has 0 N–H and O–H groups in total. The van der Waals surface area contributed by atoms with Crippen LogP contribution in [0.5, 0.6) is 0 Å². The maximum absolute atomic E-state index is 13.2. The molecule has 0 aromatic carbocycles. The molecule has 3 aromatic heterocycles. The summed E-state index contributed by atoms with van der Waals surface area (Å²) in [5, 5.41) is 5.15. The van der Waals surface area contributed by atoms with Gasteiger partial charge < -0.3 is 9.80 Å². The normalized spacial score (nSPS) is 18.7. The number of aromatic nitrogens is 5. The fourth-order valence-corrected chi connectivity index (χ4v) is 5.42. The van der Waals surface area contributed by atoms with Gasteiger partial charge in [0.1, 0.15) is 22.9 Å². The van der Waals surface area contributed by atoms with Crippen LogP contribution in [0, 0.1) is 5.41 Å². The Balaban J connectivity index is 1.25. The molecule has 182 valence electrons. The largest absolute Gasteiger partial charge is 0.434 e. The number of carbonyl (C=O) groups excluding carboxylic acids is 1. The minimum absolute atomic E-state index is 0.0625.